The predicted molar refractivity (Wildman–Crippen MR) is 39.6 cm³/mol. The molecule has 0 unspecified atom stereocenters. The Hall–Kier alpha value is 0.260. The van der Waals surface area contributed by atoms with Crippen LogP contribution in [0.2, 0.25) is 0 Å². The van der Waals surface area contributed by atoms with E-state index in [0.29, 0.717) is 0 Å². The maximum Gasteiger partial charge on any atom is 1.00 e. The van der Waals surface area contributed by atoms with Crippen molar-refractivity contribution in [2.45, 2.75) is 0 Å². The zero-order valence-corrected chi connectivity index (χ0v) is 9.43. The second-order valence-electron chi connectivity index (χ2n) is 1.54. The number of rotatable bonds is 0. The first kappa shape index (κ1) is 14.8. The smallest absolute Gasteiger partial charge is 1.00 e. The molecule has 1 aromatic rings. The largest absolute Gasteiger partial charge is 1.00 e. The van der Waals surface area contributed by atoms with Crippen LogP contribution in [-0.2, 0) is 4.57 Å². The van der Waals surface area contributed by atoms with Crippen molar-refractivity contribution in [1.82, 2.24) is 4.98 Å². The van der Waals surface area contributed by atoms with Gasteiger partial charge in [0.25, 0.3) is 0 Å². The number of hydrogen-bond donors (Lipinski definition) is 3. The molecule has 0 aliphatic heterocycles. The molecule has 0 radical (unpaired) electrons. The molecule has 0 aliphatic rings. The average molecular weight is 201 g/mol. The standard InChI is InChI=1S/C5H5N.Na.H3O4P.H/c1-2-4-6-5-3-1;;1-5(2,3)4;/h1-5H;;(H3,1,2,3,4);/q;+1;;-1. The summed E-state index contributed by atoms with van der Waals surface area (Å²) < 4.78 is 8.88. The number of phosphoric acid groups is 1. The second-order valence-corrected chi connectivity index (χ2v) is 2.56. The third-order valence-corrected chi connectivity index (χ3v) is 0.566. The Kier molecular flexibility index (Phi) is 9.70. The summed E-state index contributed by atoms with van der Waals surface area (Å²) in [6.07, 6.45) is 3.50. The van der Waals surface area contributed by atoms with Gasteiger partial charge in [-0.3, -0.25) is 4.98 Å². The van der Waals surface area contributed by atoms with E-state index in [1.54, 1.807) is 12.4 Å². The average Bonchev–Trinajstić information content (AvgIpc) is 1.88. The zero-order valence-electron chi connectivity index (χ0n) is 7.53. The predicted octanol–water partition coefficient (Wildman–Crippen LogP) is -2.73. The molecular formula is C5H9NNaO4P. The molecule has 0 spiro atoms. The number of hydrogen-bond acceptors (Lipinski definition) is 2. The Bertz CT molecular complexity index is 196. The van der Waals surface area contributed by atoms with Gasteiger partial charge in [0.1, 0.15) is 0 Å². The van der Waals surface area contributed by atoms with Crippen LogP contribution in [0.1, 0.15) is 1.43 Å². The van der Waals surface area contributed by atoms with Gasteiger partial charge in [0.15, 0.2) is 0 Å². The SMILES string of the molecule is O=P(O)(O)O.[H-].[Na+].c1ccncc1. The number of nitrogens with zero attached hydrogens (tertiary/aromatic N) is 1. The van der Waals surface area contributed by atoms with Gasteiger partial charge in [-0.05, 0) is 12.1 Å². The topological polar surface area (TPSA) is 90.7 Å². The summed E-state index contributed by atoms with van der Waals surface area (Å²) in [5.41, 5.74) is 0. The van der Waals surface area contributed by atoms with Gasteiger partial charge in [0.2, 0.25) is 0 Å². The molecule has 5 nitrogen and oxygen atoms in total. The Morgan fingerprint density at radius 1 is 1.08 bits per heavy atom. The molecular weight excluding hydrogens is 192 g/mol. The Labute approximate surface area is 93.5 Å². The molecule has 12 heavy (non-hydrogen) atoms. The van der Waals surface area contributed by atoms with Crippen LogP contribution in [0.3, 0.4) is 0 Å². The summed E-state index contributed by atoms with van der Waals surface area (Å²) in [6, 6.07) is 5.72. The van der Waals surface area contributed by atoms with Crippen LogP contribution in [0.25, 0.3) is 0 Å². The summed E-state index contributed by atoms with van der Waals surface area (Å²) in [7, 11) is -4.64. The summed E-state index contributed by atoms with van der Waals surface area (Å²) in [6.45, 7) is 0. The van der Waals surface area contributed by atoms with Crippen LogP contribution in [0.5, 0.6) is 0 Å². The fourth-order valence-corrected chi connectivity index (χ4v) is 0.313. The molecule has 0 aliphatic carbocycles. The first-order chi connectivity index (χ1) is 5.00. The van der Waals surface area contributed by atoms with E-state index in [1.807, 2.05) is 18.2 Å². The normalized spacial score (nSPS) is 8.92. The van der Waals surface area contributed by atoms with Gasteiger partial charge in [-0.2, -0.15) is 0 Å². The summed E-state index contributed by atoms with van der Waals surface area (Å²) in [4.78, 5) is 25.3. The molecule has 3 N–H and O–H groups in total. The summed E-state index contributed by atoms with van der Waals surface area (Å²) in [5.74, 6) is 0. The van der Waals surface area contributed by atoms with Crippen molar-refractivity contribution in [1.29, 1.82) is 0 Å². The van der Waals surface area contributed by atoms with Crippen molar-refractivity contribution >= 4 is 7.82 Å². The van der Waals surface area contributed by atoms with E-state index in [0.717, 1.165) is 0 Å². The zero-order chi connectivity index (χ0) is 8.74. The van der Waals surface area contributed by atoms with Gasteiger partial charge in [-0.25, -0.2) is 4.57 Å². The van der Waals surface area contributed by atoms with E-state index in [4.69, 9.17) is 19.2 Å². The summed E-state index contributed by atoms with van der Waals surface area (Å²) in [5, 5.41) is 0. The summed E-state index contributed by atoms with van der Waals surface area (Å²) >= 11 is 0. The van der Waals surface area contributed by atoms with Crippen molar-refractivity contribution in [3.63, 3.8) is 0 Å². The monoisotopic (exact) mass is 201 g/mol. The van der Waals surface area contributed by atoms with Crippen molar-refractivity contribution in [3.8, 4) is 0 Å². The van der Waals surface area contributed by atoms with Crippen LogP contribution >= 0.6 is 7.82 Å². The van der Waals surface area contributed by atoms with Gasteiger partial charge < -0.3 is 16.1 Å². The third-order valence-electron chi connectivity index (χ3n) is 0.566. The minimum absolute atomic E-state index is 0. The minimum Gasteiger partial charge on any atom is -1.00 e. The van der Waals surface area contributed by atoms with Crippen LogP contribution in [-0.4, -0.2) is 19.7 Å². The third kappa shape index (κ3) is 22.5. The maximum atomic E-state index is 8.88. The molecule has 1 aromatic heterocycles. The molecule has 64 valence electrons. The molecule has 0 amide bonds. The molecule has 1 rings (SSSR count). The fraction of sp³-hybridized carbons (Fsp3) is 0. The van der Waals surface area contributed by atoms with Gasteiger partial charge in [0.05, 0.1) is 0 Å². The molecule has 1 heterocycles. The molecule has 0 saturated heterocycles. The van der Waals surface area contributed by atoms with Crippen molar-refractivity contribution in [2.24, 2.45) is 0 Å². The Morgan fingerprint density at radius 2 is 1.42 bits per heavy atom. The van der Waals surface area contributed by atoms with Crippen LogP contribution in [0.4, 0.5) is 0 Å². The van der Waals surface area contributed by atoms with E-state index in [9.17, 15) is 0 Å². The Balaban J connectivity index is -0.000000136. The first-order valence-corrected chi connectivity index (χ1v) is 4.20. The molecule has 7 heteroatoms. The van der Waals surface area contributed by atoms with E-state index in [-0.39, 0.29) is 31.0 Å². The van der Waals surface area contributed by atoms with Crippen molar-refractivity contribution in [3.05, 3.63) is 30.6 Å². The fourth-order valence-electron chi connectivity index (χ4n) is 0.313. The van der Waals surface area contributed by atoms with E-state index in [2.05, 4.69) is 4.98 Å². The molecule has 0 atom stereocenters. The maximum absolute atomic E-state index is 8.88. The van der Waals surface area contributed by atoms with Crippen molar-refractivity contribution < 1.29 is 50.2 Å². The number of aromatic nitrogens is 1. The van der Waals surface area contributed by atoms with E-state index < -0.39 is 7.82 Å². The molecule has 0 fully saturated rings. The Morgan fingerprint density at radius 3 is 1.50 bits per heavy atom. The number of pyridine rings is 1. The van der Waals surface area contributed by atoms with Gasteiger partial charge >= 0.3 is 37.4 Å². The molecule has 0 saturated carbocycles. The van der Waals surface area contributed by atoms with Gasteiger partial charge in [-0.15, -0.1) is 0 Å². The van der Waals surface area contributed by atoms with Gasteiger partial charge in [-0.1, -0.05) is 6.07 Å². The first-order valence-electron chi connectivity index (χ1n) is 2.63. The van der Waals surface area contributed by atoms with Crippen LogP contribution in [0, 0.1) is 0 Å². The quantitative estimate of drug-likeness (QED) is 0.313. The van der Waals surface area contributed by atoms with Crippen LogP contribution in [0.15, 0.2) is 30.6 Å². The van der Waals surface area contributed by atoms with E-state index in [1.165, 1.54) is 0 Å². The molecule has 0 aromatic carbocycles. The molecule has 0 bridgehead atoms. The van der Waals surface area contributed by atoms with Crippen molar-refractivity contribution in [2.75, 3.05) is 0 Å². The second kappa shape index (κ2) is 7.89. The van der Waals surface area contributed by atoms with Crippen LogP contribution < -0.4 is 29.6 Å². The van der Waals surface area contributed by atoms with Gasteiger partial charge in [0, 0.05) is 12.4 Å². The van der Waals surface area contributed by atoms with E-state index >= 15 is 0 Å². The minimum atomic E-state index is -4.64.